The number of rotatable bonds is 7. The number of hydrogen-bond donors (Lipinski definition) is 2. The van der Waals surface area contributed by atoms with Crippen LogP contribution in [0.15, 0.2) is 47.8 Å². The fourth-order valence-corrected chi connectivity index (χ4v) is 3.58. The Hall–Kier alpha value is -2.14. The normalized spacial score (nSPS) is 13.5. The Bertz CT molecular complexity index is 681. The molecule has 0 saturated carbocycles. The van der Waals surface area contributed by atoms with Crippen molar-refractivity contribution in [3.63, 3.8) is 0 Å². The standard InChI is InChI=1S/C20H26N2O2S/c1-13(2)17(16-11-8-12-25-16)21-20(24)18(14(3)4)22-19(23)15-9-6-5-7-10-15/h5-14,17-18H,1-4H3,(H,21,24)(H,22,23). The van der Waals surface area contributed by atoms with Crippen molar-refractivity contribution >= 4 is 23.2 Å². The van der Waals surface area contributed by atoms with Gasteiger partial charge in [0.15, 0.2) is 0 Å². The van der Waals surface area contributed by atoms with Crippen LogP contribution in [0.2, 0.25) is 0 Å². The molecule has 1 heterocycles. The van der Waals surface area contributed by atoms with Gasteiger partial charge >= 0.3 is 0 Å². The third-order valence-corrected chi connectivity index (χ3v) is 5.04. The molecule has 5 heteroatoms. The summed E-state index contributed by atoms with van der Waals surface area (Å²) < 4.78 is 0. The highest BCUT2D eigenvalue weighted by Gasteiger charge is 2.28. The van der Waals surface area contributed by atoms with Crippen LogP contribution in [-0.4, -0.2) is 17.9 Å². The molecule has 2 N–H and O–H groups in total. The van der Waals surface area contributed by atoms with Gasteiger partial charge in [0, 0.05) is 10.4 Å². The number of benzene rings is 1. The van der Waals surface area contributed by atoms with Crippen molar-refractivity contribution in [3.05, 3.63) is 58.3 Å². The maximum Gasteiger partial charge on any atom is 0.251 e. The third-order valence-electron chi connectivity index (χ3n) is 4.09. The molecule has 0 aliphatic carbocycles. The van der Waals surface area contributed by atoms with Crippen molar-refractivity contribution in [3.8, 4) is 0 Å². The molecule has 1 aromatic carbocycles. The van der Waals surface area contributed by atoms with Crippen molar-refractivity contribution in [2.45, 2.75) is 39.8 Å². The number of thiophene rings is 1. The molecule has 134 valence electrons. The zero-order valence-electron chi connectivity index (χ0n) is 15.2. The first-order valence-corrected chi connectivity index (χ1v) is 9.47. The zero-order valence-corrected chi connectivity index (χ0v) is 16.0. The van der Waals surface area contributed by atoms with E-state index in [2.05, 4.69) is 24.5 Å². The number of carbonyl (C=O) groups excluding carboxylic acids is 2. The van der Waals surface area contributed by atoms with Gasteiger partial charge in [-0.1, -0.05) is 52.0 Å². The molecule has 0 spiro atoms. The van der Waals surface area contributed by atoms with E-state index < -0.39 is 6.04 Å². The molecule has 2 amide bonds. The molecule has 0 bridgehead atoms. The van der Waals surface area contributed by atoms with Crippen molar-refractivity contribution in [1.82, 2.24) is 10.6 Å². The molecule has 2 rings (SSSR count). The summed E-state index contributed by atoms with van der Waals surface area (Å²) in [5.41, 5.74) is 0.555. The molecule has 0 fully saturated rings. The highest BCUT2D eigenvalue weighted by atomic mass is 32.1. The molecule has 4 nitrogen and oxygen atoms in total. The molecule has 2 unspecified atom stereocenters. The highest BCUT2D eigenvalue weighted by Crippen LogP contribution is 2.26. The SMILES string of the molecule is CC(C)C(NC(=O)c1ccccc1)C(=O)NC(c1cccs1)C(C)C. The first-order chi connectivity index (χ1) is 11.9. The van der Waals surface area contributed by atoms with Crippen molar-refractivity contribution in [2.75, 3.05) is 0 Å². The fourth-order valence-electron chi connectivity index (χ4n) is 2.63. The van der Waals surface area contributed by atoms with Crippen LogP contribution in [-0.2, 0) is 4.79 Å². The summed E-state index contributed by atoms with van der Waals surface area (Å²) in [6.45, 7) is 8.03. The lowest BCUT2D eigenvalue weighted by Gasteiger charge is -2.27. The van der Waals surface area contributed by atoms with Gasteiger partial charge in [-0.25, -0.2) is 0 Å². The van der Waals surface area contributed by atoms with Crippen LogP contribution in [0.1, 0.15) is 49.0 Å². The van der Waals surface area contributed by atoms with Gasteiger partial charge in [0.25, 0.3) is 5.91 Å². The minimum Gasteiger partial charge on any atom is -0.346 e. The number of hydrogen-bond acceptors (Lipinski definition) is 3. The van der Waals surface area contributed by atoms with E-state index in [0.717, 1.165) is 4.88 Å². The summed E-state index contributed by atoms with van der Waals surface area (Å²) >= 11 is 1.63. The Morgan fingerprint density at radius 3 is 2.08 bits per heavy atom. The maximum absolute atomic E-state index is 12.8. The lowest BCUT2D eigenvalue weighted by atomic mass is 9.99. The summed E-state index contributed by atoms with van der Waals surface area (Å²) in [5, 5.41) is 8.00. The van der Waals surface area contributed by atoms with E-state index in [1.54, 1.807) is 23.5 Å². The molecular formula is C20H26N2O2S. The van der Waals surface area contributed by atoms with E-state index in [9.17, 15) is 9.59 Å². The van der Waals surface area contributed by atoms with Gasteiger partial charge in [0.2, 0.25) is 5.91 Å². The Morgan fingerprint density at radius 2 is 1.56 bits per heavy atom. The van der Waals surface area contributed by atoms with Crippen molar-refractivity contribution < 1.29 is 9.59 Å². The number of nitrogens with one attached hydrogen (secondary N) is 2. The van der Waals surface area contributed by atoms with Crippen LogP contribution in [0.25, 0.3) is 0 Å². The summed E-state index contributed by atoms with van der Waals surface area (Å²) in [6, 6.07) is 12.4. The molecule has 2 aromatic rings. The Labute approximate surface area is 153 Å². The second-order valence-electron chi connectivity index (χ2n) is 6.81. The van der Waals surface area contributed by atoms with Gasteiger partial charge in [0.1, 0.15) is 6.04 Å². The quantitative estimate of drug-likeness (QED) is 0.785. The van der Waals surface area contributed by atoms with Crippen LogP contribution in [0, 0.1) is 11.8 Å². The Kier molecular flexibility index (Phi) is 6.76. The monoisotopic (exact) mass is 358 g/mol. The average molecular weight is 359 g/mol. The predicted molar refractivity (Wildman–Crippen MR) is 103 cm³/mol. The molecule has 2 atom stereocenters. The lowest BCUT2D eigenvalue weighted by molar-refractivity contribution is -0.125. The number of amides is 2. The first-order valence-electron chi connectivity index (χ1n) is 8.59. The second kappa shape index (κ2) is 8.81. The highest BCUT2D eigenvalue weighted by molar-refractivity contribution is 7.10. The second-order valence-corrected chi connectivity index (χ2v) is 7.79. The Balaban J connectivity index is 2.11. The molecule has 0 aliphatic rings. The van der Waals surface area contributed by atoms with E-state index in [-0.39, 0.29) is 29.7 Å². The zero-order chi connectivity index (χ0) is 18.4. The molecule has 0 saturated heterocycles. The summed E-state index contributed by atoms with van der Waals surface area (Å²) in [7, 11) is 0. The van der Waals surface area contributed by atoms with E-state index in [4.69, 9.17) is 0 Å². The Morgan fingerprint density at radius 1 is 0.880 bits per heavy atom. The molecule has 0 radical (unpaired) electrons. The van der Waals surface area contributed by atoms with Crippen molar-refractivity contribution in [2.24, 2.45) is 11.8 Å². The van der Waals surface area contributed by atoms with Crippen LogP contribution < -0.4 is 10.6 Å². The number of carbonyl (C=O) groups is 2. The van der Waals surface area contributed by atoms with Crippen LogP contribution in [0.3, 0.4) is 0 Å². The molecule has 0 aliphatic heterocycles. The molecular weight excluding hydrogens is 332 g/mol. The summed E-state index contributed by atoms with van der Waals surface area (Å²) in [6.07, 6.45) is 0. The van der Waals surface area contributed by atoms with Crippen LogP contribution >= 0.6 is 11.3 Å². The van der Waals surface area contributed by atoms with Gasteiger partial charge < -0.3 is 10.6 Å². The fraction of sp³-hybridized carbons (Fsp3) is 0.400. The molecule has 1 aromatic heterocycles. The summed E-state index contributed by atoms with van der Waals surface area (Å²) in [5.74, 6) is -0.123. The lowest BCUT2D eigenvalue weighted by Crippen LogP contribution is -2.50. The smallest absolute Gasteiger partial charge is 0.251 e. The minimum atomic E-state index is -0.575. The average Bonchev–Trinajstić information content (AvgIpc) is 3.11. The van der Waals surface area contributed by atoms with Crippen LogP contribution in [0.4, 0.5) is 0 Å². The van der Waals surface area contributed by atoms with Gasteiger partial charge in [0.05, 0.1) is 6.04 Å². The van der Waals surface area contributed by atoms with E-state index in [0.29, 0.717) is 5.56 Å². The van der Waals surface area contributed by atoms with Crippen molar-refractivity contribution in [1.29, 1.82) is 0 Å². The maximum atomic E-state index is 12.8. The molecule has 25 heavy (non-hydrogen) atoms. The van der Waals surface area contributed by atoms with E-state index in [1.807, 2.05) is 49.6 Å². The first kappa shape index (κ1) is 19.2. The largest absolute Gasteiger partial charge is 0.346 e. The van der Waals surface area contributed by atoms with Gasteiger partial charge in [-0.2, -0.15) is 0 Å². The van der Waals surface area contributed by atoms with Gasteiger partial charge in [-0.05, 0) is 35.4 Å². The van der Waals surface area contributed by atoms with Crippen LogP contribution in [0.5, 0.6) is 0 Å². The third kappa shape index (κ3) is 5.16. The van der Waals surface area contributed by atoms with Gasteiger partial charge in [-0.3, -0.25) is 9.59 Å². The predicted octanol–water partition coefficient (Wildman–Crippen LogP) is 4.02. The van der Waals surface area contributed by atoms with E-state index in [1.165, 1.54) is 0 Å². The topological polar surface area (TPSA) is 58.2 Å². The summed E-state index contributed by atoms with van der Waals surface area (Å²) in [4.78, 5) is 26.4. The van der Waals surface area contributed by atoms with E-state index >= 15 is 0 Å². The minimum absolute atomic E-state index is 0.0104. The van der Waals surface area contributed by atoms with Gasteiger partial charge in [-0.15, -0.1) is 11.3 Å².